The van der Waals surface area contributed by atoms with E-state index in [9.17, 15) is 9.59 Å². The number of hydrogen-bond donors (Lipinski definition) is 1. The molecule has 1 aliphatic heterocycles. The minimum absolute atomic E-state index is 0.0560. The van der Waals surface area contributed by atoms with Gasteiger partial charge < -0.3 is 15.1 Å². The van der Waals surface area contributed by atoms with Crippen LogP contribution in [0.3, 0.4) is 0 Å². The molecular formula is C21H25N3O2. The van der Waals surface area contributed by atoms with E-state index in [4.69, 9.17) is 0 Å². The molecule has 0 saturated carbocycles. The van der Waals surface area contributed by atoms with Gasteiger partial charge in [-0.05, 0) is 50.1 Å². The van der Waals surface area contributed by atoms with E-state index in [1.807, 2.05) is 55.5 Å². The van der Waals surface area contributed by atoms with Crippen LogP contribution in [0.25, 0.3) is 0 Å². The molecule has 0 unspecified atom stereocenters. The highest BCUT2D eigenvalue weighted by molar-refractivity contribution is 6.01. The molecule has 0 radical (unpaired) electrons. The Hall–Kier alpha value is -2.82. The van der Waals surface area contributed by atoms with Crippen molar-refractivity contribution in [3.05, 3.63) is 59.7 Å². The number of nitrogens with one attached hydrogen (secondary N) is 1. The molecule has 0 spiro atoms. The van der Waals surface area contributed by atoms with Crippen LogP contribution in [-0.4, -0.2) is 36.0 Å². The predicted molar refractivity (Wildman–Crippen MR) is 105 cm³/mol. The van der Waals surface area contributed by atoms with Crippen molar-refractivity contribution in [1.82, 2.24) is 4.90 Å². The molecule has 1 N–H and O–H groups in total. The summed E-state index contributed by atoms with van der Waals surface area (Å²) in [6.07, 6.45) is 0.970. The topological polar surface area (TPSA) is 52.6 Å². The quantitative estimate of drug-likeness (QED) is 0.914. The lowest BCUT2D eigenvalue weighted by molar-refractivity contribution is -0.123. The first kappa shape index (κ1) is 18.0. The first-order valence-corrected chi connectivity index (χ1v) is 9.04. The van der Waals surface area contributed by atoms with E-state index in [0.29, 0.717) is 13.1 Å². The molecule has 1 heterocycles. The molecular weight excluding hydrogens is 326 g/mol. The molecule has 0 aliphatic carbocycles. The summed E-state index contributed by atoms with van der Waals surface area (Å²) in [6.45, 7) is 6.88. The fraction of sp³-hybridized carbons (Fsp3) is 0.333. The molecule has 1 atom stereocenters. The van der Waals surface area contributed by atoms with E-state index >= 15 is 0 Å². The van der Waals surface area contributed by atoms with Crippen molar-refractivity contribution < 1.29 is 9.59 Å². The standard InChI is InChI=1S/C21H25N3O2/c1-4-17-7-11-19(12-8-17)24-14-13-23(16(3)20(24)25)21(26)22-18-9-5-15(2)6-10-18/h5-12,16H,4,13-14H2,1-3H3,(H,22,26)/t16-/m0/s1. The molecule has 5 heteroatoms. The van der Waals surface area contributed by atoms with Crippen LogP contribution < -0.4 is 10.2 Å². The third-order valence-electron chi connectivity index (χ3n) is 4.88. The van der Waals surface area contributed by atoms with Crippen LogP contribution in [-0.2, 0) is 11.2 Å². The summed E-state index contributed by atoms with van der Waals surface area (Å²) in [6, 6.07) is 14.9. The number of aryl methyl sites for hydroxylation is 2. The number of rotatable bonds is 3. The van der Waals surface area contributed by atoms with Gasteiger partial charge in [-0.1, -0.05) is 36.8 Å². The average Bonchev–Trinajstić information content (AvgIpc) is 2.66. The fourth-order valence-electron chi connectivity index (χ4n) is 3.15. The van der Waals surface area contributed by atoms with Crippen LogP contribution in [0.2, 0.25) is 0 Å². The van der Waals surface area contributed by atoms with Gasteiger partial charge in [-0.2, -0.15) is 0 Å². The van der Waals surface area contributed by atoms with E-state index < -0.39 is 6.04 Å². The number of piperazine rings is 1. The number of hydrogen-bond acceptors (Lipinski definition) is 2. The van der Waals surface area contributed by atoms with Crippen LogP contribution in [0.5, 0.6) is 0 Å². The van der Waals surface area contributed by atoms with Crippen LogP contribution in [0.4, 0.5) is 16.2 Å². The van der Waals surface area contributed by atoms with Crippen molar-refractivity contribution in [1.29, 1.82) is 0 Å². The maximum atomic E-state index is 12.8. The first-order chi connectivity index (χ1) is 12.5. The highest BCUT2D eigenvalue weighted by Gasteiger charge is 2.35. The van der Waals surface area contributed by atoms with Gasteiger partial charge in [0.15, 0.2) is 0 Å². The Labute approximate surface area is 154 Å². The molecule has 1 fully saturated rings. The number of urea groups is 1. The Morgan fingerprint density at radius 1 is 1.08 bits per heavy atom. The lowest BCUT2D eigenvalue weighted by atomic mass is 10.1. The van der Waals surface area contributed by atoms with Gasteiger partial charge in [0.1, 0.15) is 6.04 Å². The maximum absolute atomic E-state index is 12.8. The zero-order chi connectivity index (χ0) is 18.7. The van der Waals surface area contributed by atoms with Gasteiger partial charge in [0.25, 0.3) is 0 Å². The second kappa shape index (κ2) is 7.60. The molecule has 2 aromatic rings. The second-order valence-corrected chi connectivity index (χ2v) is 6.68. The van der Waals surface area contributed by atoms with Crippen LogP contribution in [0.1, 0.15) is 25.0 Å². The normalized spacial score (nSPS) is 17.3. The summed E-state index contributed by atoms with van der Waals surface area (Å²) in [4.78, 5) is 28.7. The zero-order valence-electron chi connectivity index (χ0n) is 15.5. The average molecular weight is 351 g/mol. The van der Waals surface area contributed by atoms with Crippen LogP contribution >= 0.6 is 0 Å². The van der Waals surface area contributed by atoms with Crippen molar-refractivity contribution in [2.24, 2.45) is 0 Å². The number of carbonyl (C=O) groups is 2. The summed E-state index contributed by atoms with van der Waals surface area (Å²) in [5, 5.41) is 2.88. The number of benzene rings is 2. The van der Waals surface area contributed by atoms with E-state index in [2.05, 4.69) is 12.2 Å². The number of nitrogens with zero attached hydrogens (tertiary/aromatic N) is 2. The predicted octanol–water partition coefficient (Wildman–Crippen LogP) is 3.83. The largest absolute Gasteiger partial charge is 0.322 e. The molecule has 0 bridgehead atoms. The Kier molecular flexibility index (Phi) is 5.26. The lowest BCUT2D eigenvalue weighted by Gasteiger charge is -2.39. The first-order valence-electron chi connectivity index (χ1n) is 9.04. The minimum Gasteiger partial charge on any atom is -0.311 e. The Morgan fingerprint density at radius 3 is 2.35 bits per heavy atom. The van der Waals surface area contributed by atoms with Gasteiger partial charge in [0.2, 0.25) is 5.91 Å². The molecule has 136 valence electrons. The molecule has 3 amide bonds. The number of amides is 3. The van der Waals surface area contributed by atoms with Crippen molar-refractivity contribution in [2.45, 2.75) is 33.2 Å². The van der Waals surface area contributed by atoms with Crippen molar-refractivity contribution >= 4 is 23.3 Å². The molecule has 5 nitrogen and oxygen atoms in total. The summed E-state index contributed by atoms with van der Waals surface area (Å²) >= 11 is 0. The van der Waals surface area contributed by atoms with Crippen molar-refractivity contribution in [3.8, 4) is 0 Å². The third-order valence-corrected chi connectivity index (χ3v) is 4.88. The highest BCUT2D eigenvalue weighted by atomic mass is 16.2. The Balaban J connectivity index is 1.68. The van der Waals surface area contributed by atoms with E-state index in [1.165, 1.54) is 5.56 Å². The molecule has 1 saturated heterocycles. The van der Waals surface area contributed by atoms with Crippen LogP contribution in [0.15, 0.2) is 48.5 Å². The Bertz CT molecular complexity index is 784. The molecule has 26 heavy (non-hydrogen) atoms. The second-order valence-electron chi connectivity index (χ2n) is 6.68. The Morgan fingerprint density at radius 2 is 1.73 bits per heavy atom. The molecule has 3 rings (SSSR count). The maximum Gasteiger partial charge on any atom is 0.322 e. The van der Waals surface area contributed by atoms with E-state index in [0.717, 1.165) is 23.4 Å². The SMILES string of the molecule is CCc1ccc(N2CCN(C(=O)Nc3ccc(C)cc3)[C@@H](C)C2=O)cc1. The summed E-state index contributed by atoms with van der Waals surface area (Å²) in [7, 11) is 0. The summed E-state index contributed by atoms with van der Waals surface area (Å²) in [5.74, 6) is -0.0560. The molecule has 0 aromatic heterocycles. The molecule has 1 aliphatic rings. The van der Waals surface area contributed by atoms with Crippen molar-refractivity contribution in [2.75, 3.05) is 23.3 Å². The summed E-state index contributed by atoms with van der Waals surface area (Å²) < 4.78 is 0. The summed E-state index contributed by atoms with van der Waals surface area (Å²) in [5.41, 5.74) is 4.00. The van der Waals surface area contributed by atoms with Gasteiger partial charge in [-0.15, -0.1) is 0 Å². The fourth-order valence-corrected chi connectivity index (χ4v) is 3.15. The van der Waals surface area contributed by atoms with Gasteiger partial charge in [-0.3, -0.25) is 4.79 Å². The highest BCUT2D eigenvalue weighted by Crippen LogP contribution is 2.22. The monoisotopic (exact) mass is 351 g/mol. The van der Waals surface area contributed by atoms with E-state index in [-0.39, 0.29) is 11.9 Å². The third kappa shape index (κ3) is 3.72. The number of anilines is 2. The van der Waals surface area contributed by atoms with Gasteiger partial charge >= 0.3 is 6.03 Å². The number of carbonyl (C=O) groups excluding carboxylic acids is 2. The van der Waals surface area contributed by atoms with Gasteiger partial charge in [0, 0.05) is 24.5 Å². The minimum atomic E-state index is -0.500. The molecule has 2 aromatic carbocycles. The van der Waals surface area contributed by atoms with Crippen LogP contribution in [0, 0.1) is 6.92 Å². The van der Waals surface area contributed by atoms with Crippen molar-refractivity contribution in [3.63, 3.8) is 0 Å². The van der Waals surface area contributed by atoms with Gasteiger partial charge in [-0.25, -0.2) is 4.79 Å². The zero-order valence-corrected chi connectivity index (χ0v) is 15.5. The smallest absolute Gasteiger partial charge is 0.311 e. The van der Waals surface area contributed by atoms with E-state index in [1.54, 1.807) is 16.7 Å². The van der Waals surface area contributed by atoms with Gasteiger partial charge in [0.05, 0.1) is 0 Å². The lowest BCUT2D eigenvalue weighted by Crippen LogP contribution is -2.58.